The number of aryl methyl sites for hydroxylation is 1. The van der Waals surface area contributed by atoms with Crippen molar-refractivity contribution in [1.29, 1.82) is 0 Å². The molecule has 0 N–H and O–H groups in total. The normalized spacial score (nSPS) is 11.6. The zero-order valence-electron chi connectivity index (χ0n) is 7.44. The molecule has 1 rings (SSSR count). The van der Waals surface area contributed by atoms with Crippen LogP contribution in [0.3, 0.4) is 0 Å². The standard InChI is InChI=1S/C8H7BrF3NO/c1-4-3-13-7(6(9)5(4)2)14-8(10,11)12/h3H,1-2H3. The molecule has 0 aromatic carbocycles. The highest BCUT2D eigenvalue weighted by Crippen LogP contribution is 2.31. The minimum atomic E-state index is -4.71. The lowest BCUT2D eigenvalue weighted by Crippen LogP contribution is -2.18. The first-order chi connectivity index (χ1) is 6.31. The van der Waals surface area contributed by atoms with E-state index < -0.39 is 12.2 Å². The van der Waals surface area contributed by atoms with Gasteiger partial charge in [0.05, 0.1) is 4.47 Å². The van der Waals surface area contributed by atoms with Gasteiger partial charge < -0.3 is 4.74 Å². The topological polar surface area (TPSA) is 22.1 Å². The van der Waals surface area contributed by atoms with Crippen LogP contribution in [-0.2, 0) is 0 Å². The first-order valence-electron chi connectivity index (χ1n) is 3.68. The molecule has 2 nitrogen and oxygen atoms in total. The second kappa shape index (κ2) is 3.76. The van der Waals surface area contributed by atoms with E-state index in [0.29, 0.717) is 5.56 Å². The molecule has 1 heterocycles. The number of nitrogens with zero attached hydrogens (tertiary/aromatic N) is 1. The molecule has 78 valence electrons. The Morgan fingerprint density at radius 2 is 1.93 bits per heavy atom. The summed E-state index contributed by atoms with van der Waals surface area (Å²) in [5, 5.41) is 0. The fourth-order valence-electron chi connectivity index (χ4n) is 0.823. The van der Waals surface area contributed by atoms with Gasteiger partial charge in [0.2, 0.25) is 5.88 Å². The van der Waals surface area contributed by atoms with E-state index in [9.17, 15) is 13.2 Å². The maximum Gasteiger partial charge on any atom is 0.574 e. The zero-order valence-corrected chi connectivity index (χ0v) is 9.03. The first kappa shape index (κ1) is 11.3. The van der Waals surface area contributed by atoms with E-state index in [4.69, 9.17) is 0 Å². The lowest BCUT2D eigenvalue weighted by atomic mass is 10.2. The fourth-order valence-corrected chi connectivity index (χ4v) is 1.32. The van der Waals surface area contributed by atoms with E-state index in [1.54, 1.807) is 13.8 Å². The summed E-state index contributed by atoms with van der Waals surface area (Å²) in [4.78, 5) is 3.53. The third-order valence-corrected chi connectivity index (χ3v) is 2.63. The van der Waals surface area contributed by atoms with E-state index in [2.05, 4.69) is 25.7 Å². The Morgan fingerprint density at radius 3 is 2.43 bits per heavy atom. The van der Waals surface area contributed by atoms with Crippen molar-refractivity contribution in [2.45, 2.75) is 20.2 Å². The van der Waals surface area contributed by atoms with Gasteiger partial charge in [-0.2, -0.15) is 0 Å². The molecular formula is C8H7BrF3NO. The largest absolute Gasteiger partial charge is 0.574 e. The van der Waals surface area contributed by atoms with Gasteiger partial charge in [0.25, 0.3) is 0 Å². The Balaban J connectivity index is 3.06. The second-order valence-electron chi connectivity index (χ2n) is 2.73. The molecule has 0 unspecified atom stereocenters. The van der Waals surface area contributed by atoms with Gasteiger partial charge in [-0.25, -0.2) is 4.98 Å². The Labute approximate surface area is 87.2 Å². The van der Waals surface area contributed by atoms with Crippen LogP contribution in [0.1, 0.15) is 11.1 Å². The molecule has 0 aliphatic carbocycles. The van der Waals surface area contributed by atoms with Gasteiger partial charge in [-0.15, -0.1) is 13.2 Å². The third kappa shape index (κ3) is 2.60. The van der Waals surface area contributed by atoms with Crippen LogP contribution in [0.4, 0.5) is 13.2 Å². The quantitative estimate of drug-likeness (QED) is 0.780. The molecule has 0 saturated heterocycles. The summed E-state index contributed by atoms with van der Waals surface area (Å²) in [7, 11) is 0. The molecule has 0 atom stereocenters. The summed E-state index contributed by atoms with van der Waals surface area (Å²) in [5.74, 6) is -0.458. The van der Waals surface area contributed by atoms with Crippen LogP contribution in [0, 0.1) is 13.8 Å². The minimum Gasteiger partial charge on any atom is -0.387 e. The number of hydrogen-bond acceptors (Lipinski definition) is 2. The Bertz CT molecular complexity index is 351. The van der Waals surface area contributed by atoms with E-state index in [1.165, 1.54) is 6.20 Å². The van der Waals surface area contributed by atoms with Crippen molar-refractivity contribution in [2.75, 3.05) is 0 Å². The van der Waals surface area contributed by atoms with Gasteiger partial charge in [0.1, 0.15) is 0 Å². The molecule has 1 aromatic rings. The Kier molecular flexibility index (Phi) is 3.04. The monoisotopic (exact) mass is 269 g/mol. The van der Waals surface area contributed by atoms with Gasteiger partial charge in [0.15, 0.2) is 0 Å². The van der Waals surface area contributed by atoms with E-state index in [0.717, 1.165) is 5.56 Å². The van der Waals surface area contributed by atoms with Crippen molar-refractivity contribution in [2.24, 2.45) is 0 Å². The highest BCUT2D eigenvalue weighted by molar-refractivity contribution is 9.10. The molecule has 14 heavy (non-hydrogen) atoms. The van der Waals surface area contributed by atoms with Crippen LogP contribution in [0.25, 0.3) is 0 Å². The van der Waals surface area contributed by atoms with Crippen LogP contribution in [0.5, 0.6) is 5.88 Å². The van der Waals surface area contributed by atoms with Crippen molar-refractivity contribution in [1.82, 2.24) is 4.98 Å². The zero-order chi connectivity index (χ0) is 10.9. The minimum absolute atomic E-state index is 0.231. The molecule has 0 fully saturated rings. The third-order valence-electron chi connectivity index (χ3n) is 1.70. The van der Waals surface area contributed by atoms with Gasteiger partial charge >= 0.3 is 6.36 Å². The van der Waals surface area contributed by atoms with Crippen molar-refractivity contribution in [3.63, 3.8) is 0 Å². The molecule has 6 heteroatoms. The van der Waals surface area contributed by atoms with Gasteiger partial charge in [0, 0.05) is 6.20 Å². The molecule has 0 aliphatic heterocycles. The van der Waals surface area contributed by atoms with Crippen molar-refractivity contribution in [3.05, 3.63) is 21.8 Å². The number of rotatable bonds is 1. The van der Waals surface area contributed by atoms with Crippen LogP contribution >= 0.6 is 15.9 Å². The average Bonchev–Trinajstić information content (AvgIpc) is 2.04. The summed E-state index contributed by atoms with van der Waals surface area (Å²) in [6.45, 7) is 3.44. The van der Waals surface area contributed by atoms with Gasteiger partial charge in [-0.1, -0.05) is 0 Å². The predicted molar refractivity (Wildman–Crippen MR) is 48.1 cm³/mol. The summed E-state index contributed by atoms with van der Waals surface area (Å²) < 4.78 is 39.6. The Hall–Kier alpha value is -0.780. The fraction of sp³-hybridized carbons (Fsp3) is 0.375. The maximum absolute atomic E-state index is 11.9. The van der Waals surface area contributed by atoms with Gasteiger partial charge in [-0.05, 0) is 40.9 Å². The van der Waals surface area contributed by atoms with Crippen molar-refractivity contribution in [3.8, 4) is 5.88 Å². The molecule has 0 aliphatic rings. The number of pyridine rings is 1. The molecule has 0 amide bonds. The lowest BCUT2D eigenvalue weighted by Gasteiger charge is -2.11. The van der Waals surface area contributed by atoms with Crippen LogP contribution in [-0.4, -0.2) is 11.3 Å². The summed E-state index contributed by atoms with van der Waals surface area (Å²) in [5.41, 5.74) is 1.48. The molecule has 0 spiro atoms. The number of alkyl halides is 3. The van der Waals surface area contributed by atoms with E-state index in [1.807, 2.05) is 0 Å². The smallest absolute Gasteiger partial charge is 0.387 e. The molecule has 0 saturated carbocycles. The van der Waals surface area contributed by atoms with Crippen molar-refractivity contribution >= 4 is 15.9 Å². The molecule has 1 aromatic heterocycles. The summed E-state index contributed by atoms with van der Waals surface area (Å²) in [6.07, 6.45) is -3.38. The lowest BCUT2D eigenvalue weighted by molar-refractivity contribution is -0.276. The summed E-state index contributed by atoms with van der Waals surface area (Å²) in [6, 6.07) is 0. The van der Waals surface area contributed by atoms with E-state index in [-0.39, 0.29) is 4.47 Å². The highest BCUT2D eigenvalue weighted by Gasteiger charge is 2.33. The predicted octanol–water partition coefficient (Wildman–Crippen LogP) is 3.36. The Morgan fingerprint density at radius 1 is 1.36 bits per heavy atom. The summed E-state index contributed by atoms with van der Waals surface area (Å²) >= 11 is 3.00. The number of ether oxygens (including phenoxy) is 1. The molecular weight excluding hydrogens is 263 g/mol. The first-order valence-corrected chi connectivity index (χ1v) is 4.48. The average molecular weight is 270 g/mol. The SMILES string of the molecule is Cc1cnc(OC(F)(F)F)c(Br)c1C. The van der Waals surface area contributed by atoms with Crippen LogP contribution in [0.15, 0.2) is 10.7 Å². The van der Waals surface area contributed by atoms with Crippen LogP contribution < -0.4 is 4.74 Å². The number of hydrogen-bond donors (Lipinski definition) is 0. The van der Waals surface area contributed by atoms with Gasteiger partial charge in [-0.3, -0.25) is 0 Å². The second-order valence-corrected chi connectivity index (χ2v) is 3.53. The number of halogens is 4. The molecule has 0 bridgehead atoms. The maximum atomic E-state index is 11.9. The van der Waals surface area contributed by atoms with Crippen molar-refractivity contribution < 1.29 is 17.9 Å². The highest BCUT2D eigenvalue weighted by atomic mass is 79.9. The van der Waals surface area contributed by atoms with Crippen LogP contribution in [0.2, 0.25) is 0 Å². The van der Waals surface area contributed by atoms with E-state index >= 15 is 0 Å². The molecule has 0 radical (unpaired) electrons. The number of aromatic nitrogens is 1.